The SMILES string of the molecule is CCOC(=O)c1cn2ncnc(N[C@H](C)c3ccccc3)c2c1CC. The molecule has 0 aliphatic carbocycles. The van der Waals surface area contributed by atoms with Crippen molar-refractivity contribution in [3.63, 3.8) is 0 Å². The number of hydrogen-bond donors (Lipinski definition) is 1. The Hall–Kier alpha value is -2.89. The van der Waals surface area contributed by atoms with Crippen LogP contribution in [-0.4, -0.2) is 27.2 Å². The van der Waals surface area contributed by atoms with E-state index in [4.69, 9.17) is 4.74 Å². The number of anilines is 1. The van der Waals surface area contributed by atoms with Crippen molar-refractivity contribution >= 4 is 17.3 Å². The van der Waals surface area contributed by atoms with Gasteiger partial charge in [-0.05, 0) is 31.4 Å². The van der Waals surface area contributed by atoms with E-state index in [1.807, 2.05) is 25.1 Å². The van der Waals surface area contributed by atoms with Gasteiger partial charge >= 0.3 is 5.97 Å². The summed E-state index contributed by atoms with van der Waals surface area (Å²) in [7, 11) is 0. The molecule has 0 aliphatic rings. The Bertz CT molecular complexity index is 874. The zero-order valence-corrected chi connectivity index (χ0v) is 14.7. The van der Waals surface area contributed by atoms with E-state index in [1.165, 1.54) is 6.33 Å². The lowest BCUT2D eigenvalue weighted by Gasteiger charge is -2.16. The van der Waals surface area contributed by atoms with Gasteiger partial charge in [-0.1, -0.05) is 37.3 Å². The topological polar surface area (TPSA) is 68.5 Å². The van der Waals surface area contributed by atoms with Gasteiger partial charge in [0.1, 0.15) is 11.8 Å². The van der Waals surface area contributed by atoms with Gasteiger partial charge in [-0.15, -0.1) is 0 Å². The van der Waals surface area contributed by atoms with Gasteiger partial charge in [0.05, 0.1) is 18.2 Å². The number of carbonyl (C=O) groups is 1. The summed E-state index contributed by atoms with van der Waals surface area (Å²) >= 11 is 0. The molecule has 6 nitrogen and oxygen atoms in total. The molecule has 0 aliphatic heterocycles. The van der Waals surface area contributed by atoms with Crippen LogP contribution in [-0.2, 0) is 11.2 Å². The Morgan fingerprint density at radius 3 is 2.72 bits per heavy atom. The van der Waals surface area contributed by atoms with Gasteiger partial charge in [0.25, 0.3) is 0 Å². The quantitative estimate of drug-likeness (QED) is 0.695. The molecule has 3 aromatic rings. The van der Waals surface area contributed by atoms with Gasteiger partial charge in [-0.2, -0.15) is 5.10 Å². The maximum Gasteiger partial charge on any atom is 0.340 e. The van der Waals surface area contributed by atoms with Crippen molar-refractivity contribution in [3.05, 3.63) is 59.5 Å². The summed E-state index contributed by atoms with van der Waals surface area (Å²) in [5.41, 5.74) is 3.41. The van der Waals surface area contributed by atoms with Crippen molar-refractivity contribution in [3.8, 4) is 0 Å². The van der Waals surface area contributed by atoms with Gasteiger partial charge in [0.2, 0.25) is 0 Å². The van der Waals surface area contributed by atoms with E-state index in [0.717, 1.165) is 16.6 Å². The zero-order valence-electron chi connectivity index (χ0n) is 14.7. The minimum Gasteiger partial charge on any atom is -0.462 e. The lowest BCUT2D eigenvalue weighted by Crippen LogP contribution is -2.10. The third kappa shape index (κ3) is 3.33. The molecular weight excluding hydrogens is 316 g/mol. The molecule has 0 unspecified atom stereocenters. The Labute approximate surface area is 146 Å². The first-order chi connectivity index (χ1) is 12.2. The Balaban J connectivity index is 2.02. The van der Waals surface area contributed by atoms with Crippen LogP contribution >= 0.6 is 0 Å². The van der Waals surface area contributed by atoms with Crippen LogP contribution in [0.2, 0.25) is 0 Å². The van der Waals surface area contributed by atoms with E-state index >= 15 is 0 Å². The molecule has 25 heavy (non-hydrogen) atoms. The van der Waals surface area contributed by atoms with Crippen molar-refractivity contribution in [1.29, 1.82) is 0 Å². The lowest BCUT2D eigenvalue weighted by atomic mass is 10.1. The van der Waals surface area contributed by atoms with Crippen molar-refractivity contribution in [2.45, 2.75) is 33.2 Å². The molecule has 0 fully saturated rings. The largest absolute Gasteiger partial charge is 0.462 e. The number of aromatic nitrogens is 3. The molecule has 6 heteroatoms. The third-order valence-electron chi connectivity index (χ3n) is 4.18. The van der Waals surface area contributed by atoms with Crippen molar-refractivity contribution in [2.75, 3.05) is 11.9 Å². The molecule has 0 saturated carbocycles. The van der Waals surface area contributed by atoms with Crippen LogP contribution in [0.4, 0.5) is 5.82 Å². The first kappa shape index (κ1) is 17.0. The molecule has 1 atom stereocenters. The highest BCUT2D eigenvalue weighted by atomic mass is 16.5. The molecule has 0 saturated heterocycles. The van der Waals surface area contributed by atoms with E-state index < -0.39 is 0 Å². The van der Waals surface area contributed by atoms with Gasteiger partial charge in [0, 0.05) is 6.20 Å². The van der Waals surface area contributed by atoms with Crippen LogP contribution in [0, 0.1) is 0 Å². The number of aryl methyl sites for hydroxylation is 1. The molecule has 2 heterocycles. The highest BCUT2D eigenvalue weighted by Gasteiger charge is 2.21. The van der Waals surface area contributed by atoms with E-state index in [1.54, 1.807) is 17.6 Å². The van der Waals surface area contributed by atoms with Crippen LogP contribution in [0.1, 0.15) is 48.3 Å². The molecule has 1 N–H and O–H groups in total. The number of benzene rings is 1. The maximum absolute atomic E-state index is 12.2. The van der Waals surface area contributed by atoms with Crippen LogP contribution in [0.3, 0.4) is 0 Å². The number of rotatable bonds is 6. The second kappa shape index (κ2) is 7.34. The van der Waals surface area contributed by atoms with Gasteiger partial charge in [-0.25, -0.2) is 14.3 Å². The lowest BCUT2D eigenvalue weighted by molar-refractivity contribution is 0.0525. The standard InChI is InChI=1S/C19H22N4O2/c1-4-15-16(19(24)25-5-2)11-23-17(15)18(20-12-21-23)22-13(3)14-9-7-6-8-10-14/h6-13H,4-5H2,1-3H3,(H,20,21,22)/t13-/m1/s1. The van der Waals surface area contributed by atoms with Gasteiger partial charge in [0.15, 0.2) is 5.82 Å². The molecular formula is C19H22N4O2. The highest BCUT2D eigenvalue weighted by Crippen LogP contribution is 2.27. The number of esters is 1. The predicted octanol–water partition coefficient (Wildman–Crippen LogP) is 3.64. The normalized spacial score (nSPS) is 12.1. The van der Waals surface area contributed by atoms with Gasteiger partial charge < -0.3 is 10.1 Å². The van der Waals surface area contributed by atoms with Gasteiger partial charge in [-0.3, -0.25) is 0 Å². The summed E-state index contributed by atoms with van der Waals surface area (Å²) in [6.45, 7) is 6.23. The fraction of sp³-hybridized carbons (Fsp3) is 0.316. The molecule has 0 spiro atoms. The summed E-state index contributed by atoms with van der Waals surface area (Å²) < 4.78 is 6.86. The molecule has 3 rings (SSSR count). The number of nitrogens with zero attached hydrogens (tertiary/aromatic N) is 3. The fourth-order valence-corrected chi connectivity index (χ4v) is 2.95. The monoisotopic (exact) mass is 338 g/mol. The number of ether oxygens (including phenoxy) is 1. The molecule has 0 radical (unpaired) electrons. The summed E-state index contributed by atoms with van der Waals surface area (Å²) in [5.74, 6) is 0.380. The van der Waals surface area contributed by atoms with E-state index in [2.05, 4.69) is 34.5 Å². The fourth-order valence-electron chi connectivity index (χ4n) is 2.95. The van der Waals surface area contributed by atoms with Crippen LogP contribution in [0.25, 0.3) is 5.52 Å². The Morgan fingerprint density at radius 1 is 1.28 bits per heavy atom. The summed E-state index contributed by atoms with van der Waals surface area (Å²) in [6.07, 6.45) is 3.89. The number of hydrogen-bond acceptors (Lipinski definition) is 5. The van der Waals surface area contributed by atoms with Crippen LogP contribution in [0.15, 0.2) is 42.9 Å². The second-order valence-electron chi connectivity index (χ2n) is 5.77. The Kier molecular flexibility index (Phi) is 4.97. The Morgan fingerprint density at radius 2 is 2.04 bits per heavy atom. The van der Waals surface area contributed by atoms with E-state index in [0.29, 0.717) is 24.4 Å². The zero-order chi connectivity index (χ0) is 17.8. The summed E-state index contributed by atoms with van der Waals surface area (Å²) in [4.78, 5) is 16.6. The minimum atomic E-state index is -0.327. The highest BCUT2D eigenvalue weighted by molar-refractivity contribution is 5.95. The number of nitrogens with one attached hydrogen (secondary N) is 1. The molecule has 2 aromatic heterocycles. The third-order valence-corrected chi connectivity index (χ3v) is 4.18. The minimum absolute atomic E-state index is 0.0746. The molecule has 0 bridgehead atoms. The maximum atomic E-state index is 12.2. The van der Waals surface area contributed by atoms with Crippen LogP contribution < -0.4 is 5.32 Å². The average Bonchev–Trinajstić information content (AvgIpc) is 3.02. The predicted molar refractivity (Wildman–Crippen MR) is 96.8 cm³/mol. The summed E-state index contributed by atoms with van der Waals surface area (Å²) in [6, 6.07) is 10.2. The average molecular weight is 338 g/mol. The molecule has 0 amide bonds. The first-order valence-electron chi connectivity index (χ1n) is 8.49. The van der Waals surface area contributed by atoms with Crippen LogP contribution in [0.5, 0.6) is 0 Å². The smallest absolute Gasteiger partial charge is 0.340 e. The first-order valence-corrected chi connectivity index (χ1v) is 8.49. The number of carbonyl (C=O) groups excluding carboxylic acids is 1. The molecule has 130 valence electrons. The van der Waals surface area contributed by atoms with Crippen molar-refractivity contribution in [2.24, 2.45) is 0 Å². The van der Waals surface area contributed by atoms with Crippen molar-refractivity contribution in [1.82, 2.24) is 14.6 Å². The second-order valence-corrected chi connectivity index (χ2v) is 5.77. The molecule has 1 aromatic carbocycles. The number of fused-ring (bicyclic) bond motifs is 1. The van der Waals surface area contributed by atoms with E-state index in [9.17, 15) is 4.79 Å². The van der Waals surface area contributed by atoms with E-state index in [-0.39, 0.29) is 12.0 Å². The van der Waals surface area contributed by atoms with Crippen molar-refractivity contribution < 1.29 is 9.53 Å². The summed E-state index contributed by atoms with van der Waals surface area (Å²) in [5, 5.41) is 7.69.